The van der Waals surface area contributed by atoms with Crippen molar-refractivity contribution in [2.45, 2.75) is 57.7 Å². The minimum atomic E-state index is -0.126. The summed E-state index contributed by atoms with van der Waals surface area (Å²) in [6.45, 7) is 4.07. The van der Waals surface area contributed by atoms with Crippen molar-refractivity contribution in [3.05, 3.63) is 35.5 Å². The van der Waals surface area contributed by atoms with Gasteiger partial charge < -0.3 is 21.4 Å². The van der Waals surface area contributed by atoms with Gasteiger partial charge in [-0.25, -0.2) is 0 Å². The maximum Gasteiger partial charge on any atom is 0.255 e. The first-order valence-electron chi connectivity index (χ1n) is 10.1. The van der Waals surface area contributed by atoms with E-state index in [1.54, 1.807) is 18.3 Å². The molecule has 4 rings (SSSR count). The van der Waals surface area contributed by atoms with E-state index in [0.29, 0.717) is 11.1 Å². The lowest BCUT2D eigenvalue weighted by Gasteiger charge is -2.27. The normalized spacial score (nSPS) is 19.4. The van der Waals surface area contributed by atoms with Crippen LogP contribution in [0.3, 0.4) is 0 Å². The van der Waals surface area contributed by atoms with Crippen LogP contribution in [-0.4, -0.2) is 34.0 Å². The second-order valence-corrected chi connectivity index (χ2v) is 8.15. The average molecular weight is 390 g/mol. The average Bonchev–Trinajstić information content (AvgIpc) is 3.07. The van der Waals surface area contributed by atoms with Gasteiger partial charge in [-0.2, -0.15) is 5.26 Å². The Morgan fingerprint density at radius 1 is 1.31 bits per heavy atom. The van der Waals surface area contributed by atoms with E-state index in [1.807, 2.05) is 19.9 Å². The maximum atomic E-state index is 13.1. The minimum absolute atomic E-state index is 0.126. The number of anilines is 1. The minimum Gasteiger partial charge on any atom is -0.380 e. The second-order valence-electron chi connectivity index (χ2n) is 8.15. The molecular formula is C22H26N6O. The van der Waals surface area contributed by atoms with Gasteiger partial charge in [0.2, 0.25) is 0 Å². The molecule has 1 aromatic carbocycles. The number of benzene rings is 1. The molecule has 5 N–H and O–H groups in total. The summed E-state index contributed by atoms with van der Waals surface area (Å²) in [5.41, 5.74) is 10.2. The first kappa shape index (κ1) is 19.2. The zero-order valence-electron chi connectivity index (χ0n) is 16.7. The fourth-order valence-corrected chi connectivity index (χ4v) is 4.03. The Labute approximate surface area is 169 Å². The highest BCUT2D eigenvalue weighted by atomic mass is 16.1. The van der Waals surface area contributed by atoms with Crippen LogP contribution >= 0.6 is 0 Å². The predicted octanol–water partition coefficient (Wildman–Crippen LogP) is 3.41. The van der Waals surface area contributed by atoms with Crippen molar-refractivity contribution < 1.29 is 4.79 Å². The van der Waals surface area contributed by atoms with E-state index in [1.165, 1.54) is 0 Å². The number of aromatic nitrogens is 2. The van der Waals surface area contributed by atoms with Gasteiger partial charge in [-0.15, -0.1) is 0 Å². The molecule has 29 heavy (non-hydrogen) atoms. The van der Waals surface area contributed by atoms with Crippen molar-refractivity contribution in [1.29, 1.82) is 5.26 Å². The van der Waals surface area contributed by atoms with Crippen LogP contribution in [0.25, 0.3) is 21.9 Å². The molecule has 0 spiro atoms. The van der Waals surface area contributed by atoms with E-state index in [4.69, 9.17) is 5.73 Å². The van der Waals surface area contributed by atoms with Crippen LogP contribution in [0.1, 0.15) is 55.5 Å². The van der Waals surface area contributed by atoms with E-state index in [2.05, 4.69) is 26.7 Å². The number of nitrogens with one attached hydrogen (secondary N) is 3. The topological polar surface area (TPSA) is 120 Å². The van der Waals surface area contributed by atoms with Crippen LogP contribution in [0, 0.1) is 11.3 Å². The van der Waals surface area contributed by atoms with Gasteiger partial charge >= 0.3 is 0 Å². The summed E-state index contributed by atoms with van der Waals surface area (Å²) in [7, 11) is 0. The number of carbonyl (C=O) groups excluding carboxylic acids is 1. The molecule has 7 heteroatoms. The van der Waals surface area contributed by atoms with E-state index < -0.39 is 0 Å². The number of H-pyrrole nitrogens is 1. The first-order chi connectivity index (χ1) is 14.0. The second kappa shape index (κ2) is 7.72. The first-order valence-corrected chi connectivity index (χ1v) is 10.1. The molecule has 1 amide bonds. The Hall–Kier alpha value is -3.11. The summed E-state index contributed by atoms with van der Waals surface area (Å²) in [4.78, 5) is 21.0. The molecule has 1 aliphatic carbocycles. The Balaban J connectivity index is 1.75. The highest BCUT2D eigenvalue weighted by Gasteiger charge is 2.24. The number of aromatic amines is 1. The van der Waals surface area contributed by atoms with Gasteiger partial charge in [-0.05, 0) is 57.7 Å². The van der Waals surface area contributed by atoms with E-state index in [0.717, 1.165) is 53.3 Å². The predicted molar refractivity (Wildman–Crippen MR) is 115 cm³/mol. The third-order valence-corrected chi connectivity index (χ3v) is 5.53. The highest BCUT2D eigenvalue weighted by Crippen LogP contribution is 2.32. The van der Waals surface area contributed by atoms with Crippen molar-refractivity contribution in [2.75, 3.05) is 5.32 Å². The number of nitrogens with zero attached hydrogens (tertiary/aromatic N) is 2. The summed E-state index contributed by atoms with van der Waals surface area (Å²) in [5.74, 6) is -0.126. The molecule has 0 atom stereocenters. The highest BCUT2D eigenvalue weighted by molar-refractivity contribution is 6.14. The fourth-order valence-electron chi connectivity index (χ4n) is 4.03. The molecule has 0 bridgehead atoms. The van der Waals surface area contributed by atoms with Crippen molar-refractivity contribution in [3.63, 3.8) is 0 Å². The Kier molecular flexibility index (Phi) is 5.12. The molecular weight excluding hydrogens is 364 g/mol. The molecule has 7 nitrogen and oxygen atoms in total. The number of nitrogens with two attached hydrogens (primary N) is 1. The summed E-state index contributed by atoms with van der Waals surface area (Å²) in [5, 5.41) is 16.7. The molecule has 1 saturated carbocycles. The van der Waals surface area contributed by atoms with Crippen LogP contribution < -0.4 is 16.4 Å². The van der Waals surface area contributed by atoms with Gasteiger partial charge in [0.25, 0.3) is 5.91 Å². The molecule has 3 aromatic rings. The number of pyridine rings is 1. The fraction of sp³-hybridized carbons (Fsp3) is 0.409. The third kappa shape index (κ3) is 3.76. The number of hydrogen-bond acceptors (Lipinski definition) is 5. The van der Waals surface area contributed by atoms with E-state index in [9.17, 15) is 10.1 Å². The Bertz CT molecular complexity index is 1100. The third-order valence-electron chi connectivity index (χ3n) is 5.53. The number of nitriles is 1. The van der Waals surface area contributed by atoms with Gasteiger partial charge in [-0.1, -0.05) is 0 Å². The largest absolute Gasteiger partial charge is 0.380 e. The van der Waals surface area contributed by atoms with Crippen LogP contribution in [0.15, 0.2) is 24.4 Å². The lowest BCUT2D eigenvalue weighted by Crippen LogP contribution is -2.40. The summed E-state index contributed by atoms with van der Waals surface area (Å²) < 4.78 is 0. The quantitative estimate of drug-likeness (QED) is 0.544. The van der Waals surface area contributed by atoms with Crippen molar-refractivity contribution >= 4 is 33.5 Å². The number of hydrogen-bond donors (Lipinski definition) is 4. The molecule has 150 valence electrons. The van der Waals surface area contributed by atoms with Crippen LogP contribution in [0.4, 0.5) is 5.69 Å². The number of amides is 1. The lowest BCUT2D eigenvalue weighted by atomic mass is 9.91. The van der Waals surface area contributed by atoms with Gasteiger partial charge in [0, 0.05) is 35.2 Å². The monoisotopic (exact) mass is 390 g/mol. The number of fused-ring (bicyclic) bond motifs is 3. The van der Waals surface area contributed by atoms with Crippen LogP contribution in [-0.2, 0) is 0 Å². The summed E-state index contributed by atoms with van der Waals surface area (Å²) in [6, 6.07) is 8.16. The zero-order valence-corrected chi connectivity index (χ0v) is 16.7. The SMILES string of the molecule is CC(C)Nc1c(C(=O)NC2CCC(N)CC2)cnc2c1[nH]c1cc(C#N)ccc12. The molecule has 2 aromatic heterocycles. The van der Waals surface area contributed by atoms with Crippen LogP contribution in [0.5, 0.6) is 0 Å². The maximum absolute atomic E-state index is 13.1. The van der Waals surface area contributed by atoms with Crippen LogP contribution in [0.2, 0.25) is 0 Å². The van der Waals surface area contributed by atoms with Gasteiger partial charge in [0.05, 0.1) is 33.9 Å². The van der Waals surface area contributed by atoms with E-state index >= 15 is 0 Å². The lowest BCUT2D eigenvalue weighted by molar-refractivity contribution is 0.0926. The summed E-state index contributed by atoms with van der Waals surface area (Å²) in [6.07, 6.45) is 5.31. The molecule has 0 radical (unpaired) electrons. The van der Waals surface area contributed by atoms with E-state index in [-0.39, 0.29) is 24.0 Å². The smallest absolute Gasteiger partial charge is 0.255 e. The van der Waals surface area contributed by atoms with Gasteiger partial charge in [0.1, 0.15) is 0 Å². The van der Waals surface area contributed by atoms with Crippen molar-refractivity contribution in [2.24, 2.45) is 5.73 Å². The molecule has 0 saturated heterocycles. The summed E-state index contributed by atoms with van der Waals surface area (Å²) >= 11 is 0. The molecule has 0 aliphatic heterocycles. The number of carbonyl (C=O) groups is 1. The molecule has 1 aliphatic rings. The number of rotatable bonds is 4. The zero-order chi connectivity index (χ0) is 20.5. The van der Waals surface area contributed by atoms with Crippen molar-refractivity contribution in [3.8, 4) is 6.07 Å². The molecule has 0 unspecified atom stereocenters. The Morgan fingerprint density at radius 3 is 2.76 bits per heavy atom. The standard InChI is InChI=1S/C22H26N6O/c1-12(2)26-20-17(22(29)27-15-6-4-14(24)5-7-15)11-25-19-16-8-3-13(10-23)9-18(16)28-21(19)20/h3,8-9,11-12,14-15,28H,4-7,24H2,1-2H3,(H,25,26)(H,27,29). The Morgan fingerprint density at radius 2 is 2.07 bits per heavy atom. The van der Waals surface area contributed by atoms with Crippen molar-refractivity contribution in [1.82, 2.24) is 15.3 Å². The van der Waals surface area contributed by atoms with Gasteiger partial charge in [0.15, 0.2) is 0 Å². The van der Waals surface area contributed by atoms with Gasteiger partial charge in [-0.3, -0.25) is 9.78 Å². The molecule has 1 fully saturated rings. The molecule has 2 heterocycles.